The van der Waals surface area contributed by atoms with Gasteiger partial charge in [0.15, 0.2) is 5.13 Å². The highest BCUT2D eigenvalue weighted by atomic mass is 32.1. The Kier molecular flexibility index (Phi) is 2.86. The van der Waals surface area contributed by atoms with Crippen LogP contribution in [0.5, 0.6) is 5.75 Å². The Morgan fingerprint density at radius 2 is 2.25 bits per heavy atom. The van der Waals surface area contributed by atoms with Crippen molar-refractivity contribution in [1.29, 1.82) is 0 Å². The Morgan fingerprint density at radius 1 is 1.55 bits per heavy atom. The fraction of sp³-hybridized carbons (Fsp3) is 0.429. The zero-order chi connectivity index (χ0) is 14.5. The first kappa shape index (κ1) is 13.2. The van der Waals surface area contributed by atoms with Crippen LogP contribution in [-0.2, 0) is 4.79 Å². The summed E-state index contributed by atoms with van der Waals surface area (Å²) >= 11 is 1.41. The number of methoxy groups -OCH3 is 1. The summed E-state index contributed by atoms with van der Waals surface area (Å²) in [6.45, 7) is 4.19. The molecular formula is C14H17N3O2S. The van der Waals surface area contributed by atoms with Crippen LogP contribution in [0.1, 0.15) is 20.3 Å². The number of ether oxygens (including phenoxy) is 1. The van der Waals surface area contributed by atoms with E-state index in [1.165, 1.54) is 11.3 Å². The maximum Gasteiger partial charge on any atom is 0.229 e. The van der Waals surface area contributed by atoms with Gasteiger partial charge in [-0.1, -0.05) is 25.2 Å². The number of thiazole rings is 1. The number of hydrogen-bond donors (Lipinski definition) is 2. The van der Waals surface area contributed by atoms with E-state index in [0.717, 1.165) is 16.6 Å². The van der Waals surface area contributed by atoms with Gasteiger partial charge >= 0.3 is 0 Å². The van der Waals surface area contributed by atoms with Crippen molar-refractivity contribution in [2.75, 3.05) is 18.2 Å². The molecule has 0 spiro atoms. The van der Waals surface area contributed by atoms with Crippen LogP contribution >= 0.6 is 11.3 Å². The Bertz CT molecular complexity index is 693. The number of aromatic nitrogens is 1. The minimum atomic E-state index is 0.0426. The molecule has 0 bridgehead atoms. The number of amides is 1. The fourth-order valence-corrected chi connectivity index (χ4v) is 3.27. The quantitative estimate of drug-likeness (QED) is 0.852. The van der Waals surface area contributed by atoms with Crippen LogP contribution in [0.25, 0.3) is 10.2 Å². The average molecular weight is 291 g/mol. The van der Waals surface area contributed by atoms with Crippen molar-refractivity contribution >= 4 is 38.3 Å². The van der Waals surface area contributed by atoms with Gasteiger partial charge in [0, 0.05) is 17.7 Å². The largest absolute Gasteiger partial charge is 0.494 e. The van der Waals surface area contributed by atoms with E-state index in [9.17, 15) is 4.79 Å². The molecule has 20 heavy (non-hydrogen) atoms. The summed E-state index contributed by atoms with van der Waals surface area (Å²) in [7, 11) is 1.58. The van der Waals surface area contributed by atoms with Crippen molar-refractivity contribution in [3.05, 3.63) is 12.1 Å². The summed E-state index contributed by atoms with van der Waals surface area (Å²) < 4.78 is 6.18. The van der Waals surface area contributed by atoms with E-state index in [1.807, 2.05) is 6.07 Å². The van der Waals surface area contributed by atoms with Crippen molar-refractivity contribution in [1.82, 2.24) is 4.98 Å². The second-order valence-corrected chi connectivity index (χ2v) is 6.85. The minimum Gasteiger partial charge on any atom is -0.494 e. The first-order valence-electron chi connectivity index (χ1n) is 6.45. The van der Waals surface area contributed by atoms with Gasteiger partial charge in [-0.25, -0.2) is 4.98 Å². The summed E-state index contributed by atoms with van der Waals surface area (Å²) in [5.74, 6) is 0.756. The molecule has 1 saturated carbocycles. The molecule has 1 aromatic heterocycles. The molecule has 3 N–H and O–H groups in total. The topological polar surface area (TPSA) is 77.2 Å². The Labute approximate surface area is 121 Å². The number of nitrogens with zero attached hydrogens (tertiary/aromatic N) is 1. The van der Waals surface area contributed by atoms with Crippen LogP contribution in [0.15, 0.2) is 12.1 Å². The molecule has 106 valence electrons. The molecule has 0 saturated heterocycles. The van der Waals surface area contributed by atoms with Gasteiger partial charge in [0.2, 0.25) is 5.91 Å². The molecule has 1 aliphatic carbocycles. The molecule has 6 heteroatoms. The molecule has 1 aliphatic rings. The van der Waals surface area contributed by atoms with Gasteiger partial charge in [-0.15, -0.1) is 0 Å². The van der Waals surface area contributed by atoms with Crippen molar-refractivity contribution in [2.45, 2.75) is 20.3 Å². The molecule has 0 aliphatic heterocycles. The number of benzene rings is 1. The number of carbonyl (C=O) groups is 1. The minimum absolute atomic E-state index is 0.0426. The summed E-state index contributed by atoms with van der Waals surface area (Å²) in [6.07, 6.45) is 0.931. The maximum atomic E-state index is 12.1. The third-order valence-corrected chi connectivity index (χ3v) is 4.68. The zero-order valence-electron chi connectivity index (χ0n) is 11.7. The van der Waals surface area contributed by atoms with Gasteiger partial charge in [-0.3, -0.25) is 4.79 Å². The molecule has 1 fully saturated rings. The van der Waals surface area contributed by atoms with Gasteiger partial charge in [0.25, 0.3) is 0 Å². The first-order chi connectivity index (χ1) is 9.40. The summed E-state index contributed by atoms with van der Waals surface area (Å²) in [5, 5.41) is 3.49. The molecule has 1 heterocycles. The van der Waals surface area contributed by atoms with Crippen molar-refractivity contribution in [3.63, 3.8) is 0 Å². The summed E-state index contributed by atoms with van der Waals surface area (Å²) in [5.41, 5.74) is 7.29. The average Bonchev–Trinajstić information content (AvgIpc) is 2.83. The van der Waals surface area contributed by atoms with E-state index in [-0.39, 0.29) is 17.2 Å². The van der Waals surface area contributed by atoms with Gasteiger partial charge in [-0.05, 0) is 17.9 Å². The van der Waals surface area contributed by atoms with E-state index >= 15 is 0 Å². The standard InChI is InChI=1S/C14H17N3O2S/c1-14(2)6-8(14)12(18)17-13-16-11-9(19-3)4-7(15)5-10(11)20-13/h4-5,8H,6,15H2,1-3H3,(H,16,17,18). The number of fused-ring (bicyclic) bond motifs is 1. The Hall–Kier alpha value is -1.82. The summed E-state index contributed by atoms with van der Waals surface area (Å²) in [6, 6.07) is 3.57. The van der Waals surface area contributed by atoms with Crippen LogP contribution in [0.3, 0.4) is 0 Å². The third-order valence-electron chi connectivity index (χ3n) is 3.76. The number of hydrogen-bond acceptors (Lipinski definition) is 5. The number of carbonyl (C=O) groups excluding carboxylic acids is 1. The lowest BCUT2D eigenvalue weighted by atomic mass is 10.1. The summed E-state index contributed by atoms with van der Waals surface area (Å²) in [4.78, 5) is 16.5. The predicted octanol–water partition coefficient (Wildman–Crippen LogP) is 2.87. The molecular weight excluding hydrogens is 274 g/mol. The number of nitrogen functional groups attached to an aromatic ring is 1. The van der Waals surface area contributed by atoms with E-state index in [2.05, 4.69) is 24.1 Å². The van der Waals surface area contributed by atoms with E-state index in [1.54, 1.807) is 13.2 Å². The van der Waals surface area contributed by atoms with Crippen LogP contribution < -0.4 is 15.8 Å². The van der Waals surface area contributed by atoms with Gasteiger partial charge in [0.1, 0.15) is 11.3 Å². The SMILES string of the molecule is COc1cc(N)cc2sc(NC(=O)C3CC3(C)C)nc12. The predicted molar refractivity (Wildman–Crippen MR) is 81.1 cm³/mol. The lowest BCUT2D eigenvalue weighted by Crippen LogP contribution is -2.16. The van der Waals surface area contributed by atoms with E-state index < -0.39 is 0 Å². The van der Waals surface area contributed by atoms with Gasteiger partial charge in [0.05, 0.1) is 11.8 Å². The number of nitrogens with two attached hydrogens (primary N) is 1. The molecule has 3 rings (SSSR count). The highest BCUT2D eigenvalue weighted by Gasteiger charge is 2.50. The van der Waals surface area contributed by atoms with Gasteiger partial charge < -0.3 is 15.8 Å². The van der Waals surface area contributed by atoms with Crippen LogP contribution in [0.2, 0.25) is 0 Å². The smallest absolute Gasteiger partial charge is 0.229 e. The second-order valence-electron chi connectivity index (χ2n) is 5.82. The highest BCUT2D eigenvalue weighted by Crippen LogP contribution is 2.52. The van der Waals surface area contributed by atoms with E-state index in [4.69, 9.17) is 10.5 Å². The van der Waals surface area contributed by atoms with Crippen LogP contribution in [-0.4, -0.2) is 18.0 Å². The number of anilines is 2. The zero-order valence-corrected chi connectivity index (χ0v) is 12.5. The normalized spacial score (nSPS) is 19.9. The maximum absolute atomic E-state index is 12.1. The van der Waals surface area contributed by atoms with Crippen molar-refractivity contribution in [2.24, 2.45) is 11.3 Å². The lowest BCUT2D eigenvalue weighted by Gasteiger charge is -2.02. The molecule has 1 aromatic carbocycles. The molecule has 1 atom stereocenters. The van der Waals surface area contributed by atoms with Crippen LogP contribution in [0.4, 0.5) is 10.8 Å². The molecule has 5 nitrogen and oxygen atoms in total. The second kappa shape index (κ2) is 4.34. The third kappa shape index (κ3) is 2.20. The van der Waals surface area contributed by atoms with Gasteiger partial charge in [-0.2, -0.15) is 0 Å². The molecule has 0 radical (unpaired) electrons. The van der Waals surface area contributed by atoms with Crippen molar-refractivity contribution in [3.8, 4) is 5.75 Å². The number of rotatable bonds is 3. The lowest BCUT2D eigenvalue weighted by molar-refractivity contribution is -0.117. The molecule has 1 unspecified atom stereocenters. The van der Waals surface area contributed by atoms with Crippen LogP contribution in [0, 0.1) is 11.3 Å². The van der Waals surface area contributed by atoms with E-state index in [0.29, 0.717) is 16.6 Å². The Balaban J connectivity index is 1.88. The highest BCUT2D eigenvalue weighted by molar-refractivity contribution is 7.22. The molecule has 2 aromatic rings. The fourth-order valence-electron chi connectivity index (χ4n) is 2.34. The van der Waals surface area contributed by atoms with Crippen molar-refractivity contribution < 1.29 is 9.53 Å². The Morgan fingerprint density at radius 3 is 2.85 bits per heavy atom. The molecule has 1 amide bonds. The number of nitrogens with one attached hydrogen (secondary N) is 1. The monoisotopic (exact) mass is 291 g/mol. The first-order valence-corrected chi connectivity index (χ1v) is 7.27.